The molecule has 0 fully saturated rings. The standard InChI is InChI=1S/C20H26O6/c21-13-17(23)19(25)20(26,12-15-9-5-2-6-10-15)18(24)16(22)11-14-7-3-1-4-8-14/h1-10,16-19,21-26H,11-13H2. The second-order valence-electron chi connectivity index (χ2n) is 6.55. The van der Waals surface area contributed by atoms with E-state index >= 15 is 0 Å². The number of benzene rings is 2. The van der Waals surface area contributed by atoms with Crippen molar-refractivity contribution >= 4 is 0 Å². The maximum atomic E-state index is 11.0. The Hall–Kier alpha value is -1.80. The third kappa shape index (κ3) is 4.88. The number of aliphatic hydroxyl groups is 6. The molecule has 2 aromatic rings. The van der Waals surface area contributed by atoms with E-state index in [2.05, 4.69) is 0 Å². The van der Waals surface area contributed by atoms with Gasteiger partial charge < -0.3 is 30.6 Å². The largest absolute Gasteiger partial charge is 0.394 e. The van der Waals surface area contributed by atoms with Crippen molar-refractivity contribution in [2.45, 2.75) is 42.9 Å². The van der Waals surface area contributed by atoms with E-state index in [1.807, 2.05) is 6.07 Å². The summed E-state index contributed by atoms with van der Waals surface area (Å²) in [5, 5.41) is 61.3. The molecule has 0 amide bonds. The summed E-state index contributed by atoms with van der Waals surface area (Å²) in [6, 6.07) is 17.6. The minimum absolute atomic E-state index is 0.0566. The van der Waals surface area contributed by atoms with Crippen LogP contribution in [0.15, 0.2) is 60.7 Å². The second-order valence-corrected chi connectivity index (χ2v) is 6.55. The third-order valence-electron chi connectivity index (χ3n) is 4.56. The van der Waals surface area contributed by atoms with E-state index < -0.39 is 36.6 Å². The molecular formula is C20H26O6. The predicted octanol–water partition coefficient (Wildman–Crippen LogP) is -0.361. The number of aliphatic hydroxyl groups excluding tert-OH is 5. The van der Waals surface area contributed by atoms with E-state index in [9.17, 15) is 25.5 Å². The van der Waals surface area contributed by atoms with Crippen LogP contribution in [-0.2, 0) is 12.8 Å². The molecule has 0 heterocycles. The molecule has 0 saturated heterocycles. The lowest BCUT2D eigenvalue weighted by Gasteiger charge is -2.40. The van der Waals surface area contributed by atoms with Gasteiger partial charge in [0.15, 0.2) is 0 Å². The average molecular weight is 362 g/mol. The van der Waals surface area contributed by atoms with Crippen molar-refractivity contribution in [3.8, 4) is 0 Å². The zero-order valence-corrected chi connectivity index (χ0v) is 14.4. The van der Waals surface area contributed by atoms with E-state index in [0.717, 1.165) is 5.56 Å². The first-order chi connectivity index (χ1) is 12.4. The van der Waals surface area contributed by atoms with Gasteiger partial charge in [-0.15, -0.1) is 0 Å². The van der Waals surface area contributed by atoms with Gasteiger partial charge >= 0.3 is 0 Å². The Morgan fingerprint density at radius 2 is 1.15 bits per heavy atom. The molecule has 0 aromatic heterocycles. The van der Waals surface area contributed by atoms with Gasteiger partial charge in [-0.05, 0) is 11.1 Å². The van der Waals surface area contributed by atoms with E-state index in [-0.39, 0.29) is 12.8 Å². The molecule has 0 bridgehead atoms. The molecule has 6 heteroatoms. The predicted molar refractivity (Wildman–Crippen MR) is 96.4 cm³/mol. The molecular weight excluding hydrogens is 336 g/mol. The van der Waals surface area contributed by atoms with Crippen LogP contribution in [0.25, 0.3) is 0 Å². The topological polar surface area (TPSA) is 121 Å². The summed E-state index contributed by atoms with van der Waals surface area (Å²) in [5.41, 5.74) is -0.902. The van der Waals surface area contributed by atoms with Crippen molar-refractivity contribution in [2.75, 3.05) is 6.61 Å². The summed E-state index contributed by atoms with van der Waals surface area (Å²) < 4.78 is 0. The minimum atomic E-state index is -2.25. The summed E-state index contributed by atoms with van der Waals surface area (Å²) in [6.07, 6.45) is -6.80. The van der Waals surface area contributed by atoms with Gasteiger partial charge in [0.2, 0.25) is 0 Å². The monoisotopic (exact) mass is 362 g/mol. The summed E-state index contributed by atoms with van der Waals surface area (Å²) in [5.74, 6) is 0. The molecule has 26 heavy (non-hydrogen) atoms. The quantitative estimate of drug-likeness (QED) is 0.362. The van der Waals surface area contributed by atoms with Gasteiger partial charge in [0, 0.05) is 12.8 Å². The molecule has 0 aliphatic rings. The lowest BCUT2D eigenvalue weighted by atomic mass is 9.78. The van der Waals surface area contributed by atoms with E-state index in [1.54, 1.807) is 54.6 Å². The molecule has 2 rings (SSSR count). The van der Waals surface area contributed by atoms with Gasteiger partial charge in [-0.25, -0.2) is 0 Å². The summed E-state index contributed by atoms with van der Waals surface area (Å²) >= 11 is 0. The molecule has 2 aromatic carbocycles. The molecule has 5 atom stereocenters. The lowest BCUT2D eigenvalue weighted by Crippen LogP contribution is -2.62. The first-order valence-corrected chi connectivity index (χ1v) is 8.52. The number of hydrogen-bond acceptors (Lipinski definition) is 6. The Morgan fingerprint density at radius 1 is 0.692 bits per heavy atom. The van der Waals surface area contributed by atoms with E-state index in [4.69, 9.17) is 5.11 Å². The molecule has 0 aliphatic carbocycles. The average Bonchev–Trinajstić information content (AvgIpc) is 2.67. The van der Waals surface area contributed by atoms with Crippen molar-refractivity contribution in [3.05, 3.63) is 71.8 Å². The maximum absolute atomic E-state index is 11.0. The highest BCUT2D eigenvalue weighted by Gasteiger charge is 2.48. The summed E-state index contributed by atoms with van der Waals surface area (Å²) in [6.45, 7) is -0.792. The molecule has 0 aliphatic heterocycles. The van der Waals surface area contributed by atoms with Crippen LogP contribution in [0.3, 0.4) is 0 Å². The van der Waals surface area contributed by atoms with Crippen LogP contribution in [0.1, 0.15) is 11.1 Å². The number of rotatable bonds is 9. The van der Waals surface area contributed by atoms with Crippen molar-refractivity contribution in [2.24, 2.45) is 0 Å². The molecule has 0 saturated carbocycles. The highest BCUT2D eigenvalue weighted by molar-refractivity contribution is 5.21. The smallest absolute Gasteiger partial charge is 0.125 e. The SMILES string of the molecule is OCC(O)C(O)C(O)(Cc1ccccc1)C(O)C(O)Cc1ccccc1. The van der Waals surface area contributed by atoms with Crippen molar-refractivity contribution in [3.63, 3.8) is 0 Å². The molecule has 6 N–H and O–H groups in total. The molecule has 142 valence electrons. The highest BCUT2D eigenvalue weighted by atomic mass is 16.4. The maximum Gasteiger partial charge on any atom is 0.125 e. The zero-order chi connectivity index (χ0) is 19.2. The Balaban J connectivity index is 2.26. The van der Waals surface area contributed by atoms with Crippen LogP contribution in [0, 0.1) is 0 Å². The van der Waals surface area contributed by atoms with Gasteiger partial charge in [0.25, 0.3) is 0 Å². The van der Waals surface area contributed by atoms with Gasteiger partial charge in [-0.1, -0.05) is 60.7 Å². The van der Waals surface area contributed by atoms with Gasteiger partial charge in [0.05, 0.1) is 12.7 Å². The van der Waals surface area contributed by atoms with Crippen LogP contribution >= 0.6 is 0 Å². The molecule has 0 radical (unpaired) electrons. The number of hydrogen-bond donors (Lipinski definition) is 6. The summed E-state index contributed by atoms with van der Waals surface area (Å²) in [4.78, 5) is 0. The van der Waals surface area contributed by atoms with Crippen molar-refractivity contribution in [1.82, 2.24) is 0 Å². The fourth-order valence-electron chi connectivity index (χ4n) is 3.04. The highest BCUT2D eigenvalue weighted by Crippen LogP contribution is 2.27. The Bertz CT molecular complexity index is 650. The van der Waals surface area contributed by atoms with Crippen molar-refractivity contribution < 1.29 is 30.6 Å². The van der Waals surface area contributed by atoms with Gasteiger partial charge in [-0.2, -0.15) is 0 Å². The van der Waals surface area contributed by atoms with E-state index in [0.29, 0.717) is 5.56 Å². The van der Waals surface area contributed by atoms with Crippen LogP contribution < -0.4 is 0 Å². The van der Waals surface area contributed by atoms with Crippen LogP contribution in [0.2, 0.25) is 0 Å². The fraction of sp³-hybridized carbons (Fsp3) is 0.400. The summed E-state index contributed by atoms with van der Waals surface area (Å²) in [7, 11) is 0. The first kappa shape index (κ1) is 20.5. The molecule has 0 spiro atoms. The first-order valence-electron chi connectivity index (χ1n) is 8.52. The van der Waals surface area contributed by atoms with Gasteiger partial charge in [0.1, 0.15) is 23.9 Å². The second kappa shape index (κ2) is 9.23. The fourth-order valence-corrected chi connectivity index (χ4v) is 3.04. The van der Waals surface area contributed by atoms with Crippen molar-refractivity contribution in [1.29, 1.82) is 0 Å². The third-order valence-corrected chi connectivity index (χ3v) is 4.56. The minimum Gasteiger partial charge on any atom is -0.394 e. The zero-order valence-electron chi connectivity index (χ0n) is 14.4. The van der Waals surface area contributed by atoms with Crippen LogP contribution in [-0.4, -0.2) is 67.3 Å². The van der Waals surface area contributed by atoms with Gasteiger partial charge in [-0.3, -0.25) is 0 Å². The Kier molecular flexibility index (Phi) is 7.28. The lowest BCUT2D eigenvalue weighted by molar-refractivity contribution is -0.203. The Morgan fingerprint density at radius 3 is 1.65 bits per heavy atom. The van der Waals surface area contributed by atoms with Crippen LogP contribution in [0.5, 0.6) is 0 Å². The normalized spacial score (nSPS) is 18.5. The Labute approximate surface area is 152 Å². The van der Waals surface area contributed by atoms with Crippen LogP contribution in [0.4, 0.5) is 0 Å². The molecule has 6 nitrogen and oxygen atoms in total. The van der Waals surface area contributed by atoms with E-state index in [1.165, 1.54) is 0 Å². The molecule has 5 unspecified atom stereocenters.